The van der Waals surface area contributed by atoms with Crippen LogP contribution in [-0.4, -0.2) is 5.25 Å². The number of hydrogen-bond donors (Lipinski definition) is 1. The maximum absolute atomic E-state index is 4.95. The second-order valence-electron chi connectivity index (χ2n) is 7.66. The van der Waals surface area contributed by atoms with Crippen LogP contribution in [0.15, 0.2) is 11.6 Å². The van der Waals surface area contributed by atoms with Gasteiger partial charge in [-0.25, -0.2) is 0 Å². The zero-order chi connectivity index (χ0) is 17.5. The highest BCUT2D eigenvalue weighted by atomic mass is 32.1. The Balaban J connectivity index is 4.00. The van der Waals surface area contributed by atoms with E-state index < -0.39 is 0 Å². The molecule has 23 heavy (non-hydrogen) atoms. The van der Waals surface area contributed by atoms with Gasteiger partial charge < -0.3 is 0 Å². The number of thiol groups is 1. The molecule has 0 amide bonds. The van der Waals surface area contributed by atoms with E-state index in [2.05, 4.69) is 40.7 Å². The molecule has 0 nitrogen and oxygen atoms in total. The van der Waals surface area contributed by atoms with Crippen LogP contribution in [-0.2, 0) is 0 Å². The van der Waals surface area contributed by atoms with Gasteiger partial charge in [0, 0.05) is 5.25 Å². The van der Waals surface area contributed by atoms with E-state index in [4.69, 9.17) is 12.6 Å². The van der Waals surface area contributed by atoms with E-state index in [-0.39, 0.29) is 0 Å². The lowest BCUT2D eigenvalue weighted by Crippen LogP contribution is -2.17. The first-order valence-corrected chi connectivity index (χ1v) is 10.9. The molecule has 0 aliphatic rings. The summed E-state index contributed by atoms with van der Waals surface area (Å²) in [5, 5.41) is 0.591. The van der Waals surface area contributed by atoms with Crippen molar-refractivity contribution in [3.63, 3.8) is 0 Å². The Morgan fingerprint density at radius 3 is 2.22 bits per heavy atom. The predicted molar refractivity (Wildman–Crippen MR) is 112 cm³/mol. The van der Waals surface area contributed by atoms with Crippen molar-refractivity contribution >= 4 is 12.6 Å². The normalized spacial score (nSPS) is 16.3. The van der Waals surface area contributed by atoms with Crippen LogP contribution < -0.4 is 0 Å². The minimum Gasteiger partial charge on any atom is -0.176 e. The van der Waals surface area contributed by atoms with Crippen LogP contribution >= 0.6 is 12.6 Å². The molecular formula is C22H44S. The summed E-state index contributed by atoms with van der Waals surface area (Å²) < 4.78 is 0. The quantitative estimate of drug-likeness (QED) is 0.173. The number of unbranched alkanes of at least 4 members (excludes halogenated alkanes) is 3. The topological polar surface area (TPSA) is 0 Å². The molecule has 0 saturated carbocycles. The third-order valence-electron chi connectivity index (χ3n) is 5.18. The van der Waals surface area contributed by atoms with E-state index in [1.54, 1.807) is 5.57 Å². The Kier molecular flexibility index (Phi) is 15.7. The predicted octanol–water partition coefficient (Wildman–Crippen LogP) is 8.22. The van der Waals surface area contributed by atoms with Gasteiger partial charge in [0.15, 0.2) is 0 Å². The second kappa shape index (κ2) is 15.6. The third kappa shape index (κ3) is 13.1. The van der Waals surface area contributed by atoms with E-state index in [9.17, 15) is 0 Å². The summed E-state index contributed by atoms with van der Waals surface area (Å²) >= 11 is 4.95. The van der Waals surface area contributed by atoms with Gasteiger partial charge in [0.05, 0.1) is 0 Å². The zero-order valence-electron chi connectivity index (χ0n) is 16.7. The number of hydrogen-bond acceptors (Lipinski definition) is 1. The van der Waals surface area contributed by atoms with Gasteiger partial charge in [-0.3, -0.25) is 0 Å². The van der Waals surface area contributed by atoms with Crippen LogP contribution in [0.25, 0.3) is 0 Å². The Labute approximate surface area is 153 Å². The van der Waals surface area contributed by atoms with Crippen LogP contribution in [0, 0.1) is 11.8 Å². The molecule has 0 saturated heterocycles. The van der Waals surface area contributed by atoms with Crippen molar-refractivity contribution in [1.29, 1.82) is 0 Å². The molecule has 0 spiro atoms. The van der Waals surface area contributed by atoms with Crippen LogP contribution in [0.4, 0.5) is 0 Å². The standard InChI is InChI=1S/C22H44S/c1-6-9-14-19(4)15-11-12-16-20(5)22(23)18-21(13-8-3)17-10-7-2/h15,20-23H,6-14,16-18H2,1-5H3. The van der Waals surface area contributed by atoms with Crippen LogP contribution in [0.5, 0.6) is 0 Å². The molecule has 3 unspecified atom stereocenters. The van der Waals surface area contributed by atoms with E-state index >= 15 is 0 Å². The number of allylic oxidation sites excluding steroid dienone is 2. The molecule has 0 heterocycles. The van der Waals surface area contributed by atoms with Crippen LogP contribution in [0.2, 0.25) is 0 Å². The van der Waals surface area contributed by atoms with Crippen LogP contribution in [0.3, 0.4) is 0 Å². The molecule has 0 aromatic heterocycles. The van der Waals surface area contributed by atoms with E-state index in [1.807, 2.05) is 0 Å². The van der Waals surface area contributed by atoms with Crippen molar-refractivity contribution in [2.75, 3.05) is 0 Å². The first-order chi connectivity index (χ1) is 11.0. The summed E-state index contributed by atoms with van der Waals surface area (Å²) in [6.45, 7) is 11.6. The molecule has 0 N–H and O–H groups in total. The van der Waals surface area contributed by atoms with Crippen LogP contribution in [0.1, 0.15) is 112 Å². The summed E-state index contributed by atoms with van der Waals surface area (Å²) in [6, 6.07) is 0. The van der Waals surface area contributed by atoms with Crippen molar-refractivity contribution in [3.05, 3.63) is 11.6 Å². The molecule has 138 valence electrons. The monoisotopic (exact) mass is 340 g/mol. The maximum atomic E-state index is 4.95. The van der Waals surface area contributed by atoms with Crippen molar-refractivity contribution in [1.82, 2.24) is 0 Å². The maximum Gasteiger partial charge on any atom is 0.00450 e. The molecular weight excluding hydrogens is 296 g/mol. The molecule has 0 rings (SSSR count). The summed E-state index contributed by atoms with van der Waals surface area (Å²) in [6.07, 6.45) is 18.5. The lowest BCUT2D eigenvalue weighted by atomic mass is 9.87. The molecule has 0 aromatic rings. The van der Waals surface area contributed by atoms with Crippen molar-refractivity contribution in [3.8, 4) is 0 Å². The molecule has 0 radical (unpaired) electrons. The molecule has 0 bridgehead atoms. The summed E-state index contributed by atoms with van der Waals surface area (Å²) in [7, 11) is 0. The van der Waals surface area contributed by atoms with Gasteiger partial charge >= 0.3 is 0 Å². The second-order valence-corrected chi connectivity index (χ2v) is 8.33. The van der Waals surface area contributed by atoms with E-state index in [0.29, 0.717) is 5.25 Å². The Bertz CT molecular complexity index is 282. The van der Waals surface area contributed by atoms with Gasteiger partial charge in [0.1, 0.15) is 0 Å². The molecule has 0 aliphatic carbocycles. The fourth-order valence-corrected chi connectivity index (χ4v) is 3.84. The van der Waals surface area contributed by atoms with Gasteiger partial charge in [-0.05, 0) is 57.3 Å². The molecule has 0 aliphatic heterocycles. The fourth-order valence-electron chi connectivity index (χ4n) is 3.39. The largest absolute Gasteiger partial charge is 0.176 e. The van der Waals surface area contributed by atoms with E-state index in [0.717, 1.165) is 11.8 Å². The average molecular weight is 341 g/mol. The minimum absolute atomic E-state index is 0.591. The molecule has 0 aromatic carbocycles. The Morgan fingerprint density at radius 1 is 0.913 bits per heavy atom. The van der Waals surface area contributed by atoms with Gasteiger partial charge in [-0.2, -0.15) is 12.6 Å². The lowest BCUT2D eigenvalue weighted by molar-refractivity contribution is 0.357. The van der Waals surface area contributed by atoms with Crippen molar-refractivity contribution in [2.24, 2.45) is 11.8 Å². The van der Waals surface area contributed by atoms with Gasteiger partial charge in [-0.1, -0.05) is 77.9 Å². The molecule has 1 heteroatoms. The van der Waals surface area contributed by atoms with Gasteiger partial charge in [0.25, 0.3) is 0 Å². The first kappa shape index (κ1) is 23.1. The highest BCUT2D eigenvalue weighted by Crippen LogP contribution is 2.28. The smallest absolute Gasteiger partial charge is 0.00450 e. The fraction of sp³-hybridized carbons (Fsp3) is 0.909. The summed E-state index contributed by atoms with van der Waals surface area (Å²) in [4.78, 5) is 0. The average Bonchev–Trinajstić information content (AvgIpc) is 2.54. The van der Waals surface area contributed by atoms with Gasteiger partial charge in [-0.15, -0.1) is 0 Å². The minimum atomic E-state index is 0.591. The molecule has 3 atom stereocenters. The number of rotatable bonds is 15. The van der Waals surface area contributed by atoms with Crippen molar-refractivity contribution < 1.29 is 0 Å². The summed E-state index contributed by atoms with van der Waals surface area (Å²) in [5.41, 5.74) is 1.59. The summed E-state index contributed by atoms with van der Waals surface area (Å²) in [5.74, 6) is 1.66. The molecule has 0 fully saturated rings. The Hall–Kier alpha value is 0.0900. The van der Waals surface area contributed by atoms with Crippen molar-refractivity contribution in [2.45, 2.75) is 117 Å². The van der Waals surface area contributed by atoms with Gasteiger partial charge in [0.2, 0.25) is 0 Å². The highest BCUT2D eigenvalue weighted by molar-refractivity contribution is 7.81. The third-order valence-corrected chi connectivity index (χ3v) is 5.90. The first-order valence-electron chi connectivity index (χ1n) is 10.4. The lowest BCUT2D eigenvalue weighted by Gasteiger charge is -2.24. The SMILES string of the molecule is CCCCC(C)=CCCCC(C)C(S)CC(CCC)CCCC. The Morgan fingerprint density at radius 2 is 1.61 bits per heavy atom. The highest BCUT2D eigenvalue weighted by Gasteiger charge is 2.18. The zero-order valence-corrected chi connectivity index (χ0v) is 17.6. The van der Waals surface area contributed by atoms with E-state index in [1.165, 1.54) is 77.0 Å².